The minimum Gasteiger partial charge on any atom is -0.241 e. The number of halogens is 2. The zero-order valence-electron chi connectivity index (χ0n) is 9.09. The quantitative estimate of drug-likeness (QED) is 0.911. The predicted molar refractivity (Wildman–Crippen MR) is 63.6 cm³/mol. The van der Waals surface area contributed by atoms with Crippen molar-refractivity contribution in [3.05, 3.63) is 34.8 Å². The number of rotatable bonds is 2. The molecule has 0 spiro atoms. The number of aromatic nitrogens is 1. The Labute approximate surface area is 111 Å². The summed E-state index contributed by atoms with van der Waals surface area (Å²) in [6.45, 7) is 0. The van der Waals surface area contributed by atoms with E-state index in [0.717, 1.165) is 18.3 Å². The van der Waals surface area contributed by atoms with Gasteiger partial charge in [0.15, 0.2) is 5.13 Å². The molecule has 0 radical (unpaired) electrons. The Morgan fingerprint density at radius 3 is 2.53 bits per heavy atom. The van der Waals surface area contributed by atoms with Crippen LogP contribution in [0.25, 0.3) is 10.6 Å². The van der Waals surface area contributed by atoms with Crippen LogP contribution in [0, 0.1) is 22.3 Å². The Hall–Kier alpha value is -1.89. The maximum absolute atomic E-state index is 13.5. The molecule has 0 amide bonds. The van der Waals surface area contributed by atoms with Crippen molar-refractivity contribution in [1.82, 2.24) is 4.98 Å². The van der Waals surface area contributed by atoms with Gasteiger partial charge in [-0.3, -0.25) is 0 Å². The minimum absolute atomic E-state index is 0.127. The molecule has 98 valence electrons. The van der Waals surface area contributed by atoms with E-state index in [1.54, 1.807) is 0 Å². The van der Waals surface area contributed by atoms with Gasteiger partial charge < -0.3 is 0 Å². The average Bonchev–Trinajstić information content (AvgIpc) is 2.73. The highest BCUT2D eigenvalue weighted by atomic mass is 32.2. The Morgan fingerprint density at radius 2 is 2.05 bits per heavy atom. The van der Waals surface area contributed by atoms with Crippen LogP contribution in [0.3, 0.4) is 0 Å². The molecule has 0 saturated heterocycles. The lowest BCUT2D eigenvalue weighted by Crippen LogP contribution is -2.14. The van der Waals surface area contributed by atoms with Crippen molar-refractivity contribution in [3.8, 4) is 16.6 Å². The van der Waals surface area contributed by atoms with E-state index in [1.165, 1.54) is 6.07 Å². The zero-order chi connectivity index (χ0) is 14.2. The maximum atomic E-state index is 13.5. The van der Waals surface area contributed by atoms with Gasteiger partial charge in [-0.1, -0.05) is 11.3 Å². The van der Waals surface area contributed by atoms with Crippen molar-refractivity contribution >= 4 is 21.4 Å². The van der Waals surface area contributed by atoms with Gasteiger partial charge >= 0.3 is 0 Å². The molecule has 1 heterocycles. The topological polar surface area (TPSA) is 96.8 Å². The van der Waals surface area contributed by atoms with Crippen LogP contribution in [0.5, 0.6) is 0 Å². The van der Waals surface area contributed by atoms with E-state index in [4.69, 9.17) is 10.4 Å². The molecule has 0 unspecified atom stereocenters. The fraction of sp³-hybridized carbons (Fsp3) is 0. The van der Waals surface area contributed by atoms with Crippen LogP contribution in [-0.2, 0) is 10.0 Å². The third-order valence-electron chi connectivity index (χ3n) is 2.23. The number of nitriles is 1. The molecule has 0 fully saturated rings. The van der Waals surface area contributed by atoms with Crippen LogP contribution < -0.4 is 5.14 Å². The Kier molecular flexibility index (Phi) is 3.32. The van der Waals surface area contributed by atoms with Crippen LogP contribution in [-0.4, -0.2) is 13.4 Å². The summed E-state index contributed by atoms with van der Waals surface area (Å²) in [6.07, 6.45) is 0.846. The molecule has 9 heteroatoms. The van der Waals surface area contributed by atoms with Crippen molar-refractivity contribution in [1.29, 1.82) is 5.26 Å². The number of primary sulfonamides is 1. The van der Waals surface area contributed by atoms with Crippen molar-refractivity contribution in [3.63, 3.8) is 0 Å². The van der Waals surface area contributed by atoms with E-state index < -0.39 is 31.4 Å². The van der Waals surface area contributed by atoms with E-state index in [0.29, 0.717) is 11.3 Å². The molecule has 0 atom stereocenters. The molecule has 19 heavy (non-hydrogen) atoms. The van der Waals surface area contributed by atoms with E-state index in [2.05, 4.69) is 4.98 Å². The van der Waals surface area contributed by atoms with E-state index in [9.17, 15) is 17.2 Å². The number of sulfonamides is 1. The summed E-state index contributed by atoms with van der Waals surface area (Å²) in [7, 11) is -4.20. The van der Waals surface area contributed by atoms with Crippen LogP contribution in [0.4, 0.5) is 8.78 Å². The molecule has 0 saturated carbocycles. The summed E-state index contributed by atoms with van der Waals surface area (Å²) < 4.78 is 49.4. The third kappa shape index (κ3) is 2.46. The standard InChI is InChI=1S/C10H5F2N3O2S2/c11-6-1-2-7(19(14,16)17)9(5(6)3-13)10-15-4-8(12)18-10/h1-2,4H,(H2,14,16,17). The zero-order valence-corrected chi connectivity index (χ0v) is 10.7. The molecule has 5 nitrogen and oxygen atoms in total. The highest BCUT2D eigenvalue weighted by Gasteiger charge is 2.24. The van der Waals surface area contributed by atoms with E-state index in [-0.39, 0.29) is 10.6 Å². The highest BCUT2D eigenvalue weighted by molar-refractivity contribution is 7.89. The van der Waals surface area contributed by atoms with Crippen LogP contribution in [0.1, 0.15) is 5.56 Å². The van der Waals surface area contributed by atoms with Crippen LogP contribution in [0.15, 0.2) is 23.2 Å². The number of hydrogen-bond acceptors (Lipinski definition) is 5. The molecule has 1 aromatic carbocycles. The van der Waals surface area contributed by atoms with Crippen molar-refractivity contribution in [2.45, 2.75) is 4.90 Å². The smallest absolute Gasteiger partial charge is 0.238 e. The van der Waals surface area contributed by atoms with E-state index >= 15 is 0 Å². The summed E-state index contributed by atoms with van der Waals surface area (Å²) in [5.41, 5.74) is -0.861. The monoisotopic (exact) mass is 301 g/mol. The molecular weight excluding hydrogens is 296 g/mol. The van der Waals surface area contributed by atoms with Crippen molar-refractivity contribution in [2.75, 3.05) is 0 Å². The van der Waals surface area contributed by atoms with Gasteiger partial charge in [-0.05, 0) is 12.1 Å². The predicted octanol–water partition coefficient (Wildman–Crippen LogP) is 1.61. The first-order chi connectivity index (χ1) is 8.84. The second-order valence-corrected chi connectivity index (χ2v) is 5.93. The normalized spacial score (nSPS) is 11.3. The minimum atomic E-state index is -4.20. The number of nitrogens with two attached hydrogens (primary N) is 1. The van der Waals surface area contributed by atoms with Crippen LogP contribution in [0.2, 0.25) is 0 Å². The molecule has 2 N–H and O–H groups in total. The van der Waals surface area contributed by atoms with Gasteiger partial charge in [-0.15, -0.1) is 0 Å². The first kappa shape index (κ1) is 13.5. The van der Waals surface area contributed by atoms with Gasteiger partial charge in [0, 0.05) is 0 Å². The average molecular weight is 301 g/mol. The molecule has 0 aliphatic heterocycles. The molecular formula is C10H5F2N3O2S2. The second kappa shape index (κ2) is 4.65. The van der Waals surface area contributed by atoms with Gasteiger partial charge in [-0.2, -0.15) is 9.65 Å². The maximum Gasteiger partial charge on any atom is 0.238 e. The third-order valence-corrected chi connectivity index (χ3v) is 3.98. The lowest BCUT2D eigenvalue weighted by molar-refractivity contribution is 0.596. The molecule has 0 aliphatic carbocycles. The highest BCUT2D eigenvalue weighted by Crippen LogP contribution is 2.33. The SMILES string of the molecule is N#Cc1c(F)ccc(S(N)(=O)=O)c1-c1ncc(F)s1. The Morgan fingerprint density at radius 1 is 1.37 bits per heavy atom. The van der Waals surface area contributed by atoms with Crippen molar-refractivity contribution in [2.24, 2.45) is 5.14 Å². The van der Waals surface area contributed by atoms with E-state index in [1.807, 2.05) is 0 Å². The lowest BCUT2D eigenvalue weighted by Gasteiger charge is -2.07. The first-order valence-corrected chi connectivity index (χ1v) is 7.08. The fourth-order valence-corrected chi connectivity index (χ4v) is 3.00. The fourth-order valence-electron chi connectivity index (χ4n) is 1.49. The lowest BCUT2D eigenvalue weighted by atomic mass is 10.1. The Balaban J connectivity index is 2.90. The molecule has 0 aliphatic rings. The summed E-state index contributed by atoms with van der Waals surface area (Å²) in [6, 6.07) is 3.26. The molecule has 0 bridgehead atoms. The molecule has 2 aromatic rings. The summed E-state index contributed by atoms with van der Waals surface area (Å²) in [5.74, 6) is -0.930. The summed E-state index contributed by atoms with van der Waals surface area (Å²) in [5, 5.41) is 13.1. The molecule has 2 rings (SSSR count). The summed E-state index contributed by atoms with van der Waals surface area (Å²) in [4.78, 5) is 3.14. The number of benzene rings is 1. The number of nitrogens with zero attached hydrogens (tertiary/aromatic N) is 2. The summed E-state index contributed by atoms with van der Waals surface area (Å²) >= 11 is 0.494. The number of hydrogen-bond donors (Lipinski definition) is 1. The first-order valence-electron chi connectivity index (χ1n) is 4.71. The van der Waals surface area contributed by atoms with Gasteiger partial charge in [0.25, 0.3) is 0 Å². The van der Waals surface area contributed by atoms with Gasteiger partial charge in [0.05, 0.1) is 22.2 Å². The van der Waals surface area contributed by atoms with Gasteiger partial charge in [0.2, 0.25) is 10.0 Å². The van der Waals surface area contributed by atoms with Crippen molar-refractivity contribution < 1.29 is 17.2 Å². The van der Waals surface area contributed by atoms with Gasteiger partial charge in [0.1, 0.15) is 16.9 Å². The number of thiazole rings is 1. The molecule has 1 aromatic heterocycles. The second-order valence-electron chi connectivity index (χ2n) is 3.42. The van der Waals surface area contributed by atoms with Gasteiger partial charge in [-0.25, -0.2) is 22.9 Å². The van der Waals surface area contributed by atoms with Crippen LogP contribution >= 0.6 is 11.3 Å². The Bertz CT molecular complexity index is 794. The largest absolute Gasteiger partial charge is 0.241 e.